The first-order chi connectivity index (χ1) is 17.2. The van der Waals surface area contributed by atoms with Crippen LogP contribution in [-0.4, -0.2) is 52.5 Å². The summed E-state index contributed by atoms with van der Waals surface area (Å²) in [4.78, 5) is 36.8. The Morgan fingerprint density at radius 2 is 1.83 bits per heavy atom. The van der Waals surface area contributed by atoms with Gasteiger partial charge in [-0.25, -0.2) is 4.79 Å². The van der Waals surface area contributed by atoms with Crippen molar-refractivity contribution in [2.45, 2.75) is 38.6 Å². The smallest absolute Gasteiger partial charge is 0.341 e. The second kappa shape index (κ2) is 11.9. The summed E-state index contributed by atoms with van der Waals surface area (Å²) >= 11 is 2.12. The number of primary amides is 1. The summed E-state index contributed by atoms with van der Waals surface area (Å²) in [5.74, 6) is 0.250. The zero-order valence-electron chi connectivity index (χ0n) is 20.5. The molecule has 192 valence electrons. The van der Waals surface area contributed by atoms with Crippen LogP contribution in [-0.2, 0) is 16.1 Å². The lowest BCUT2D eigenvalue weighted by Crippen LogP contribution is -2.17. The van der Waals surface area contributed by atoms with Crippen LogP contribution in [0.4, 0.5) is 5.00 Å². The molecular formula is C23H27N5O6S2. The van der Waals surface area contributed by atoms with Crippen LogP contribution in [0, 0.1) is 6.92 Å². The lowest BCUT2D eigenvalue weighted by atomic mass is 10.1. The zero-order valence-corrected chi connectivity index (χ0v) is 22.1. The van der Waals surface area contributed by atoms with Crippen molar-refractivity contribution in [3.05, 3.63) is 46.1 Å². The van der Waals surface area contributed by atoms with Gasteiger partial charge in [-0.2, -0.15) is 0 Å². The van der Waals surface area contributed by atoms with Crippen molar-refractivity contribution in [2.75, 3.05) is 25.3 Å². The Labute approximate surface area is 216 Å². The maximum absolute atomic E-state index is 12.7. The van der Waals surface area contributed by atoms with Gasteiger partial charge < -0.3 is 29.8 Å². The zero-order chi connectivity index (χ0) is 26.4. The second-order valence-corrected chi connectivity index (χ2v) is 9.44. The Morgan fingerprint density at radius 3 is 2.42 bits per heavy atom. The van der Waals surface area contributed by atoms with E-state index in [0.29, 0.717) is 28.8 Å². The molecule has 3 rings (SSSR count). The number of esters is 1. The first-order valence-corrected chi connectivity index (χ1v) is 12.7. The van der Waals surface area contributed by atoms with Gasteiger partial charge >= 0.3 is 5.97 Å². The molecular weight excluding hydrogens is 506 g/mol. The van der Waals surface area contributed by atoms with E-state index in [1.54, 1.807) is 38.3 Å². The fraction of sp³-hybridized carbons (Fsp3) is 0.348. The molecule has 0 aliphatic heterocycles. The van der Waals surface area contributed by atoms with Gasteiger partial charge in [-0.05, 0) is 50.6 Å². The van der Waals surface area contributed by atoms with Crippen LogP contribution in [0.2, 0.25) is 0 Å². The number of hydrogen-bond acceptors (Lipinski definition) is 10. The van der Waals surface area contributed by atoms with Crippen molar-refractivity contribution in [3.63, 3.8) is 0 Å². The minimum absolute atomic E-state index is 0.00465. The third-order valence-corrected chi connectivity index (χ3v) is 7.33. The van der Waals surface area contributed by atoms with Gasteiger partial charge in [-0.3, -0.25) is 9.59 Å². The van der Waals surface area contributed by atoms with Crippen molar-refractivity contribution in [2.24, 2.45) is 5.73 Å². The number of nitrogens with one attached hydrogen (secondary N) is 1. The third kappa shape index (κ3) is 5.97. The van der Waals surface area contributed by atoms with E-state index in [2.05, 4.69) is 15.5 Å². The van der Waals surface area contributed by atoms with Gasteiger partial charge in [0, 0.05) is 6.54 Å². The normalized spacial score (nSPS) is 11.6. The number of ether oxygens (including phenoxy) is 3. The Balaban J connectivity index is 1.69. The molecule has 2 aromatic heterocycles. The Morgan fingerprint density at radius 1 is 1.17 bits per heavy atom. The number of rotatable bonds is 11. The molecule has 2 heterocycles. The van der Waals surface area contributed by atoms with Gasteiger partial charge in [-0.1, -0.05) is 11.8 Å². The summed E-state index contributed by atoms with van der Waals surface area (Å²) in [6, 6.07) is 7.22. The molecule has 1 atom stereocenters. The molecule has 0 aliphatic rings. The summed E-state index contributed by atoms with van der Waals surface area (Å²) in [5.41, 5.74) is 5.87. The first-order valence-electron chi connectivity index (χ1n) is 10.9. The molecule has 0 spiro atoms. The second-order valence-electron chi connectivity index (χ2n) is 7.47. The number of thioether (sulfide) groups is 1. The fourth-order valence-corrected chi connectivity index (χ4v) is 5.27. The average Bonchev–Trinajstić information content (AvgIpc) is 3.43. The molecule has 0 saturated heterocycles. The molecule has 0 saturated carbocycles. The number of thiophene rings is 1. The quantitative estimate of drug-likeness (QED) is 0.279. The van der Waals surface area contributed by atoms with E-state index in [1.807, 2.05) is 18.4 Å². The van der Waals surface area contributed by atoms with E-state index in [1.165, 1.54) is 18.9 Å². The largest absolute Gasteiger partial charge is 0.497 e. The number of aromatic nitrogens is 3. The highest BCUT2D eigenvalue weighted by molar-refractivity contribution is 7.99. The van der Waals surface area contributed by atoms with Crippen LogP contribution >= 0.6 is 23.1 Å². The van der Waals surface area contributed by atoms with Crippen molar-refractivity contribution < 1.29 is 28.6 Å². The molecule has 1 aromatic carbocycles. The average molecular weight is 534 g/mol. The Hall–Kier alpha value is -3.58. The number of nitrogens with two attached hydrogens (primary N) is 1. The highest BCUT2D eigenvalue weighted by atomic mass is 32.2. The van der Waals surface area contributed by atoms with Crippen LogP contribution in [0.3, 0.4) is 0 Å². The molecule has 1 unspecified atom stereocenters. The van der Waals surface area contributed by atoms with Crippen LogP contribution in [0.15, 0.2) is 29.4 Å². The highest BCUT2D eigenvalue weighted by Crippen LogP contribution is 2.34. The van der Waals surface area contributed by atoms with E-state index in [0.717, 1.165) is 17.1 Å². The number of carbonyl (C=O) groups excluding carboxylic acids is 3. The molecule has 0 fully saturated rings. The van der Waals surface area contributed by atoms with Gasteiger partial charge in [0.1, 0.15) is 16.5 Å². The van der Waals surface area contributed by atoms with Gasteiger partial charge in [0.2, 0.25) is 5.91 Å². The van der Waals surface area contributed by atoms with E-state index in [9.17, 15) is 14.4 Å². The molecule has 2 amide bonds. The summed E-state index contributed by atoms with van der Waals surface area (Å²) in [7, 11) is 2.82. The maximum Gasteiger partial charge on any atom is 0.341 e. The SMILES string of the molecule is CCn1c(SCC(=O)Nc2sc(C(N)=O)c(C)c2C(=O)OC)nnc1C(C)Oc1ccc(OC)cc1. The van der Waals surface area contributed by atoms with E-state index in [4.69, 9.17) is 19.9 Å². The van der Waals surface area contributed by atoms with Crippen molar-refractivity contribution >= 4 is 45.9 Å². The minimum atomic E-state index is -0.688. The molecule has 0 bridgehead atoms. The van der Waals surface area contributed by atoms with Crippen molar-refractivity contribution in [3.8, 4) is 11.5 Å². The van der Waals surface area contributed by atoms with E-state index < -0.39 is 23.9 Å². The van der Waals surface area contributed by atoms with Gasteiger partial charge in [0.05, 0.1) is 30.4 Å². The summed E-state index contributed by atoms with van der Waals surface area (Å²) in [6.45, 7) is 5.96. The molecule has 13 heteroatoms. The van der Waals surface area contributed by atoms with Gasteiger partial charge in [0.15, 0.2) is 17.1 Å². The Bertz CT molecular complexity index is 1250. The standard InChI is InChI=1S/C23H27N5O6S2/c1-6-28-20(13(3)34-15-9-7-14(32-4)8-10-15)26-27-23(28)35-11-16(29)25-21-17(22(31)33-5)12(2)18(36-21)19(24)30/h7-10,13H,6,11H2,1-5H3,(H2,24,30)(H,25,29). The van der Waals surface area contributed by atoms with E-state index in [-0.39, 0.29) is 21.2 Å². The number of carbonyl (C=O) groups is 3. The molecule has 11 nitrogen and oxygen atoms in total. The number of benzene rings is 1. The first kappa shape index (κ1) is 27.0. The molecule has 36 heavy (non-hydrogen) atoms. The van der Waals surface area contributed by atoms with Gasteiger partial charge in [-0.15, -0.1) is 21.5 Å². The molecule has 0 aliphatic carbocycles. The molecule has 3 aromatic rings. The Kier molecular flexibility index (Phi) is 8.93. The number of anilines is 1. The predicted molar refractivity (Wildman–Crippen MR) is 136 cm³/mol. The van der Waals surface area contributed by atoms with Crippen molar-refractivity contribution in [1.82, 2.24) is 14.8 Å². The number of nitrogens with zero attached hydrogens (tertiary/aromatic N) is 3. The number of amides is 2. The molecule has 0 radical (unpaired) electrons. The highest BCUT2D eigenvalue weighted by Gasteiger charge is 2.26. The topological polar surface area (TPSA) is 148 Å². The lowest BCUT2D eigenvalue weighted by Gasteiger charge is -2.15. The third-order valence-electron chi connectivity index (χ3n) is 5.14. The fourth-order valence-electron chi connectivity index (χ4n) is 3.39. The maximum atomic E-state index is 12.7. The number of methoxy groups -OCH3 is 2. The van der Waals surface area contributed by atoms with Crippen LogP contribution in [0.25, 0.3) is 0 Å². The van der Waals surface area contributed by atoms with Crippen LogP contribution in [0.5, 0.6) is 11.5 Å². The summed E-state index contributed by atoms with van der Waals surface area (Å²) < 4.78 is 17.8. The molecule has 3 N–H and O–H groups in total. The summed E-state index contributed by atoms with van der Waals surface area (Å²) in [5, 5.41) is 11.9. The lowest BCUT2D eigenvalue weighted by molar-refractivity contribution is -0.113. The predicted octanol–water partition coefficient (Wildman–Crippen LogP) is 3.43. The minimum Gasteiger partial charge on any atom is -0.497 e. The van der Waals surface area contributed by atoms with Gasteiger partial charge in [0.25, 0.3) is 5.91 Å². The van der Waals surface area contributed by atoms with Crippen LogP contribution in [0.1, 0.15) is 51.4 Å². The van der Waals surface area contributed by atoms with E-state index >= 15 is 0 Å². The van der Waals surface area contributed by atoms with Crippen LogP contribution < -0.4 is 20.5 Å². The summed E-state index contributed by atoms with van der Waals surface area (Å²) in [6.07, 6.45) is -0.391. The van der Waals surface area contributed by atoms with Crippen molar-refractivity contribution in [1.29, 1.82) is 0 Å². The monoisotopic (exact) mass is 533 g/mol. The number of hydrogen-bond donors (Lipinski definition) is 2.